The van der Waals surface area contributed by atoms with E-state index in [2.05, 4.69) is 26.1 Å². The summed E-state index contributed by atoms with van der Waals surface area (Å²) in [6, 6.07) is 0.527. The van der Waals surface area contributed by atoms with E-state index in [0.29, 0.717) is 6.04 Å². The van der Waals surface area contributed by atoms with Crippen LogP contribution in [-0.4, -0.2) is 22.5 Å². The van der Waals surface area contributed by atoms with Gasteiger partial charge in [0.25, 0.3) is 0 Å². The van der Waals surface area contributed by atoms with Crippen LogP contribution in [0.4, 0.5) is 0 Å². The van der Waals surface area contributed by atoms with Crippen LogP contribution in [0, 0.1) is 5.92 Å². The molecule has 0 aromatic carbocycles. The zero-order valence-corrected chi connectivity index (χ0v) is 10.2. The van der Waals surface area contributed by atoms with Gasteiger partial charge in [-0.3, -0.25) is 4.99 Å². The van der Waals surface area contributed by atoms with Crippen molar-refractivity contribution in [3.8, 4) is 0 Å². The second-order valence-corrected chi connectivity index (χ2v) is 6.20. The molecule has 2 nitrogen and oxygen atoms in total. The molecule has 0 aromatic rings. The molecule has 3 heteroatoms. The lowest BCUT2D eigenvalue weighted by molar-refractivity contribution is 0.444. The maximum absolute atomic E-state index is 4.76. The Morgan fingerprint density at radius 1 is 1.50 bits per heavy atom. The fourth-order valence-electron chi connectivity index (χ4n) is 1.73. The van der Waals surface area contributed by atoms with Gasteiger partial charge >= 0.3 is 0 Å². The average molecular weight is 212 g/mol. The van der Waals surface area contributed by atoms with Gasteiger partial charge in [-0.1, -0.05) is 11.8 Å². The first-order valence-corrected chi connectivity index (χ1v) is 6.54. The van der Waals surface area contributed by atoms with Gasteiger partial charge in [-0.2, -0.15) is 0 Å². The monoisotopic (exact) mass is 212 g/mol. The summed E-state index contributed by atoms with van der Waals surface area (Å²) in [6.45, 7) is 6.75. The van der Waals surface area contributed by atoms with Crippen LogP contribution in [0.5, 0.6) is 0 Å². The number of amidine groups is 1. The van der Waals surface area contributed by atoms with E-state index in [9.17, 15) is 0 Å². The fourth-order valence-corrected chi connectivity index (χ4v) is 3.12. The topological polar surface area (TPSA) is 24.4 Å². The molecular weight excluding hydrogens is 192 g/mol. The Hall–Kier alpha value is -0.180. The molecule has 0 amide bonds. The molecule has 0 radical (unpaired) electrons. The van der Waals surface area contributed by atoms with Gasteiger partial charge in [0.1, 0.15) is 0 Å². The van der Waals surface area contributed by atoms with Crippen LogP contribution < -0.4 is 5.32 Å². The van der Waals surface area contributed by atoms with Crippen LogP contribution in [0.2, 0.25) is 0 Å². The zero-order chi connectivity index (χ0) is 10.2. The molecule has 1 aliphatic heterocycles. The summed E-state index contributed by atoms with van der Waals surface area (Å²) in [5.41, 5.74) is 0.243. The SMILES string of the molecule is CC(N=C1NC(C)(C)CCS1)C1CC1. The molecule has 2 fully saturated rings. The predicted octanol–water partition coefficient (Wildman–Crippen LogP) is 2.65. The molecule has 2 aliphatic rings. The van der Waals surface area contributed by atoms with Crippen molar-refractivity contribution < 1.29 is 0 Å². The highest BCUT2D eigenvalue weighted by atomic mass is 32.2. The van der Waals surface area contributed by atoms with Crippen molar-refractivity contribution in [3.63, 3.8) is 0 Å². The van der Waals surface area contributed by atoms with E-state index in [0.717, 1.165) is 5.92 Å². The summed E-state index contributed by atoms with van der Waals surface area (Å²) in [6.07, 6.45) is 3.99. The van der Waals surface area contributed by atoms with Gasteiger partial charge < -0.3 is 5.32 Å². The van der Waals surface area contributed by atoms with Crippen molar-refractivity contribution in [2.45, 2.75) is 51.6 Å². The first-order valence-electron chi connectivity index (χ1n) is 5.56. The Bertz CT molecular complexity index is 244. The van der Waals surface area contributed by atoms with Crippen molar-refractivity contribution >= 4 is 16.9 Å². The third-order valence-corrected chi connectivity index (χ3v) is 3.93. The first kappa shape index (κ1) is 10.3. The number of hydrogen-bond acceptors (Lipinski definition) is 2. The second kappa shape index (κ2) is 3.76. The third-order valence-electron chi connectivity index (χ3n) is 3.04. The fraction of sp³-hybridized carbons (Fsp3) is 0.909. The Morgan fingerprint density at radius 3 is 2.79 bits per heavy atom. The highest BCUT2D eigenvalue weighted by Gasteiger charge is 2.30. The molecule has 0 spiro atoms. The highest BCUT2D eigenvalue weighted by molar-refractivity contribution is 8.13. The summed E-state index contributed by atoms with van der Waals surface area (Å²) >= 11 is 1.88. The minimum Gasteiger partial charge on any atom is -0.360 e. The van der Waals surface area contributed by atoms with Crippen molar-refractivity contribution in [1.82, 2.24) is 5.32 Å². The van der Waals surface area contributed by atoms with Crippen LogP contribution in [0.1, 0.15) is 40.0 Å². The zero-order valence-electron chi connectivity index (χ0n) is 9.34. The molecule has 1 heterocycles. The number of nitrogens with zero attached hydrogens (tertiary/aromatic N) is 1. The largest absolute Gasteiger partial charge is 0.360 e. The van der Waals surface area contributed by atoms with Crippen molar-refractivity contribution in [2.24, 2.45) is 10.9 Å². The molecule has 1 aliphatic carbocycles. The van der Waals surface area contributed by atoms with Gasteiger partial charge in [-0.25, -0.2) is 0 Å². The van der Waals surface area contributed by atoms with E-state index >= 15 is 0 Å². The molecule has 1 atom stereocenters. The first-order chi connectivity index (χ1) is 6.57. The van der Waals surface area contributed by atoms with E-state index in [4.69, 9.17) is 4.99 Å². The van der Waals surface area contributed by atoms with Crippen LogP contribution in [0.25, 0.3) is 0 Å². The Kier molecular flexibility index (Phi) is 2.78. The van der Waals surface area contributed by atoms with E-state index in [-0.39, 0.29) is 5.54 Å². The van der Waals surface area contributed by atoms with Crippen molar-refractivity contribution in [3.05, 3.63) is 0 Å². The number of rotatable bonds is 2. The van der Waals surface area contributed by atoms with Gasteiger partial charge in [-0.15, -0.1) is 0 Å². The van der Waals surface area contributed by atoms with Crippen molar-refractivity contribution in [2.75, 3.05) is 5.75 Å². The number of hydrogen-bond donors (Lipinski definition) is 1. The number of aliphatic imine (C=N–C) groups is 1. The Labute approximate surface area is 90.9 Å². The molecule has 0 aromatic heterocycles. The van der Waals surface area contributed by atoms with E-state index in [1.807, 2.05) is 11.8 Å². The van der Waals surface area contributed by atoms with Gasteiger partial charge in [0.2, 0.25) is 0 Å². The molecule has 14 heavy (non-hydrogen) atoms. The Morgan fingerprint density at radius 2 is 2.21 bits per heavy atom. The summed E-state index contributed by atoms with van der Waals surface area (Å²) in [5.74, 6) is 2.07. The average Bonchev–Trinajstić information content (AvgIpc) is 2.83. The molecule has 1 saturated heterocycles. The maximum Gasteiger partial charge on any atom is 0.157 e. The highest BCUT2D eigenvalue weighted by Crippen LogP contribution is 2.34. The molecule has 2 rings (SSSR count). The van der Waals surface area contributed by atoms with Crippen LogP contribution in [-0.2, 0) is 0 Å². The second-order valence-electron chi connectivity index (χ2n) is 5.12. The molecule has 1 saturated carbocycles. The number of nitrogens with one attached hydrogen (secondary N) is 1. The lowest BCUT2D eigenvalue weighted by atomic mass is 10.0. The van der Waals surface area contributed by atoms with E-state index in [1.54, 1.807) is 0 Å². The minimum absolute atomic E-state index is 0.243. The summed E-state index contributed by atoms with van der Waals surface area (Å²) < 4.78 is 0. The van der Waals surface area contributed by atoms with Gasteiger partial charge in [-0.05, 0) is 46.0 Å². The van der Waals surface area contributed by atoms with Crippen LogP contribution in [0.3, 0.4) is 0 Å². The van der Waals surface area contributed by atoms with Crippen LogP contribution in [0.15, 0.2) is 4.99 Å². The summed E-state index contributed by atoms with van der Waals surface area (Å²) in [4.78, 5) is 4.76. The van der Waals surface area contributed by atoms with Crippen LogP contribution >= 0.6 is 11.8 Å². The standard InChI is InChI=1S/C11H20N2S/c1-8(9-4-5-9)12-10-13-11(2,3)6-7-14-10/h8-9H,4-7H2,1-3H3,(H,12,13). The normalized spacial score (nSPS) is 31.2. The third kappa shape index (κ3) is 2.66. The number of thioether (sulfide) groups is 1. The Balaban J connectivity index is 1.95. The maximum atomic E-state index is 4.76. The summed E-state index contributed by atoms with van der Waals surface area (Å²) in [5, 5.41) is 4.69. The molecule has 1 N–H and O–H groups in total. The lowest BCUT2D eigenvalue weighted by Crippen LogP contribution is -2.46. The molecule has 80 valence electrons. The van der Waals surface area contributed by atoms with Gasteiger partial charge in [0.15, 0.2) is 5.17 Å². The van der Waals surface area contributed by atoms with E-state index in [1.165, 1.54) is 30.2 Å². The minimum atomic E-state index is 0.243. The van der Waals surface area contributed by atoms with E-state index < -0.39 is 0 Å². The van der Waals surface area contributed by atoms with Gasteiger partial charge in [0.05, 0.1) is 6.04 Å². The quantitative estimate of drug-likeness (QED) is 0.761. The predicted molar refractivity (Wildman–Crippen MR) is 63.9 cm³/mol. The van der Waals surface area contributed by atoms with Gasteiger partial charge in [0, 0.05) is 11.3 Å². The molecule has 1 unspecified atom stereocenters. The lowest BCUT2D eigenvalue weighted by Gasteiger charge is -2.32. The van der Waals surface area contributed by atoms with Crippen molar-refractivity contribution in [1.29, 1.82) is 0 Å². The summed E-state index contributed by atoms with van der Waals surface area (Å²) in [7, 11) is 0. The molecule has 0 bridgehead atoms. The molecular formula is C11H20N2S. The smallest absolute Gasteiger partial charge is 0.157 e.